The van der Waals surface area contributed by atoms with E-state index in [2.05, 4.69) is 5.32 Å². The van der Waals surface area contributed by atoms with Crippen LogP contribution >= 0.6 is 0 Å². The average molecular weight is 511 g/mol. The molecule has 0 heterocycles. The summed E-state index contributed by atoms with van der Waals surface area (Å²) in [6.07, 6.45) is -5.37. The highest BCUT2D eigenvalue weighted by molar-refractivity contribution is 7.89. The van der Waals surface area contributed by atoms with Crippen LogP contribution < -0.4 is 10.1 Å². The Labute approximate surface area is 200 Å². The number of methoxy groups -OCH3 is 1. The third-order valence-corrected chi connectivity index (χ3v) is 7.17. The van der Waals surface area contributed by atoms with E-state index in [1.807, 2.05) is 0 Å². The Bertz CT molecular complexity index is 1280. The zero-order chi connectivity index (χ0) is 25.8. The van der Waals surface area contributed by atoms with Gasteiger partial charge < -0.3 is 10.1 Å². The number of benzene rings is 3. The van der Waals surface area contributed by atoms with E-state index in [1.165, 1.54) is 26.3 Å². The zero-order valence-corrected chi connectivity index (χ0v) is 19.5. The first-order valence-corrected chi connectivity index (χ1v) is 11.7. The number of halogens is 4. The SMILES string of the molecule is COc1ccc([C@H](CC(=O)Nc2ccc(F)c(C(F)(F)F)c2)N(C)S(=O)(=O)c2ccccc2)cc1. The molecule has 0 saturated carbocycles. The Balaban J connectivity index is 1.92. The van der Waals surface area contributed by atoms with Crippen molar-refractivity contribution in [3.05, 3.63) is 89.7 Å². The monoisotopic (exact) mass is 510 g/mol. The van der Waals surface area contributed by atoms with Crippen molar-refractivity contribution in [3.8, 4) is 5.75 Å². The highest BCUT2D eigenvalue weighted by Gasteiger charge is 2.35. The van der Waals surface area contributed by atoms with Crippen molar-refractivity contribution in [2.24, 2.45) is 0 Å². The van der Waals surface area contributed by atoms with Crippen LogP contribution in [0.1, 0.15) is 23.6 Å². The third kappa shape index (κ3) is 6.17. The molecule has 0 aliphatic carbocycles. The lowest BCUT2D eigenvalue weighted by atomic mass is 10.0. The number of carbonyl (C=O) groups is 1. The quantitative estimate of drug-likeness (QED) is 0.421. The lowest BCUT2D eigenvalue weighted by molar-refractivity contribution is -0.140. The number of hydrogen-bond acceptors (Lipinski definition) is 4. The number of anilines is 1. The van der Waals surface area contributed by atoms with Crippen LogP contribution in [0, 0.1) is 5.82 Å². The maximum atomic E-state index is 13.6. The molecule has 11 heteroatoms. The molecule has 0 fully saturated rings. The molecular formula is C24H22F4N2O4S. The van der Waals surface area contributed by atoms with Crippen LogP contribution in [0.2, 0.25) is 0 Å². The topological polar surface area (TPSA) is 75.7 Å². The number of amides is 1. The molecule has 3 aromatic carbocycles. The van der Waals surface area contributed by atoms with Gasteiger partial charge in [-0.05, 0) is 48.0 Å². The summed E-state index contributed by atoms with van der Waals surface area (Å²) in [5.41, 5.74) is -1.34. The van der Waals surface area contributed by atoms with E-state index in [9.17, 15) is 30.8 Å². The molecule has 1 N–H and O–H groups in total. The molecule has 0 aliphatic rings. The summed E-state index contributed by atoms with van der Waals surface area (Å²) in [5.74, 6) is -1.72. The smallest absolute Gasteiger partial charge is 0.419 e. The van der Waals surface area contributed by atoms with Crippen molar-refractivity contribution >= 4 is 21.6 Å². The number of alkyl halides is 3. The lowest BCUT2D eigenvalue weighted by Gasteiger charge is -2.28. The number of nitrogens with zero attached hydrogens (tertiary/aromatic N) is 1. The number of sulfonamides is 1. The van der Waals surface area contributed by atoms with E-state index in [1.54, 1.807) is 42.5 Å². The molecule has 6 nitrogen and oxygen atoms in total. The van der Waals surface area contributed by atoms with Crippen molar-refractivity contribution in [1.82, 2.24) is 4.31 Å². The minimum atomic E-state index is -4.94. The summed E-state index contributed by atoms with van der Waals surface area (Å²) in [5, 5.41) is 2.30. The fourth-order valence-electron chi connectivity index (χ4n) is 3.42. The van der Waals surface area contributed by atoms with E-state index in [-0.39, 0.29) is 10.6 Å². The minimum absolute atomic E-state index is 0.00905. The van der Waals surface area contributed by atoms with Crippen molar-refractivity contribution < 1.29 is 35.5 Å². The van der Waals surface area contributed by atoms with Crippen LogP contribution in [0.3, 0.4) is 0 Å². The van der Waals surface area contributed by atoms with Crippen LogP contribution in [-0.2, 0) is 21.0 Å². The normalized spacial score (nSPS) is 12.9. The van der Waals surface area contributed by atoms with Gasteiger partial charge >= 0.3 is 6.18 Å². The van der Waals surface area contributed by atoms with Gasteiger partial charge in [0.25, 0.3) is 0 Å². The van der Waals surface area contributed by atoms with Gasteiger partial charge in [-0.1, -0.05) is 30.3 Å². The third-order valence-electron chi connectivity index (χ3n) is 5.29. The highest BCUT2D eigenvalue weighted by atomic mass is 32.2. The Kier molecular flexibility index (Phi) is 7.81. The average Bonchev–Trinajstić information content (AvgIpc) is 2.83. The molecule has 0 spiro atoms. The standard InChI is InChI=1S/C24H22F4N2O4S/c1-30(35(32,33)19-6-4-3-5-7-19)22(16-8-11-18(34-2)12-9-16)15-23(31)29-17-10-13-21(25)20(14-17)24(26,27)28/h3-14,22H,15H2,1-2H3,(H,29,31)/t22-/m0/s1. The summed E-state index contributed by atoms with van der Waals surface area (Å²) >= 11 is 0. The summed E-state index contributed by atoms with van der Waals surface area (Å²) in [4.78, 5) is 12.8. The largest absolute Gasteiger partial charge is 0.497 e. The summed E-state index contributed by atoms with van der Waals surface area (Å²) in [6, 6.07) is 15.0. The van der Waals surface area contributed by atoms with Gasteiger partial charge in [-0.2, -0.15) is 17.5 Å². The predicted octanol–water partition coefficient (Wildman–Crippen LogP) is 5.24. The van der Waals surface area contributed by atoms with Crippen LogP contribution in [-0.4, -0.2) is 32.8 Å². The molecule has 0 aliphatic heterocycles. The second-order valence-electron chi connectivity index (χ2n) is 7.57. The molecule has 0 aromatic heterocycles. The number of rotatable bonds is 8. The number of carbonyl (C=O) groups excluding carboxylic acids is 1. The molecule has 0 bridgehead atoms. The van der Waals surface area contributed by atoms with E-state index in [0.29, 0.717) is 23.4 Å². The fraction of sp³-hybridized carbons (Fsp3) is 0.208. The fourth-order valence-corrected chi connectivity index (χ4v) is 4.78. The molecule has 0 unspecified atom stereocenters. The Morgan fingerprint density at radius 1 is 1.03 bits per heavy atom. The molecule has 186 valence electrons. The first-order chi connectivity index (χ1) is 16.4. The van der Waals surface area contributed by atoms with Gasteiger partial charge in [-0.25, -0.2) is 12.8 Å². The first-order valence-electron chi connectivity index (χ1n) is 10.3. The minimum Gasteiger partial charge on any atom is -0.497 e. The van der Waals surface area contributed by atoms with Crippen LogP contribution in [0.15, 0.2) is 77.7 Å². The molecule has 35 heavy (non-hydrogen) atoms. The van der Waals surface area contributed by atoms with Crippen LogP contribution in [0.25, 0.3) is 0 Å². The Morgan fingerprint density at radius 2 is 1.66 bits per heavy atom. The van der Waals surface area contributed by atoms with Gasteiger partial charge in [-0.3, -0.25) is 4.79 Å². The maximum absolute atomic E-state index is 13.6. The summed E-state index contributed by atoms with van der Waals surface area (Å²) in [7, 11) is -1.26. The molecule has 1 amide bonds. The molecule has 1 atom stereocenters. The predicted molar refractivity (Wildman–Crippen MR) is 122 cm³/mol. The van der Waals surface area contributed by atoms with E-state index >= 15 is 0 Å². The molecule has 0 saturated heterocycles. The lowest BCUT2D eigenvalue weighted by Crippen LogP contribution is -2.33. The number of ether oxygens (including phenoxy) is 1. The Hall–Kier alpha value is -3.44. The first kappa shape index (κ1) is 26.2. The number of hydrogen-bond donors (Lipinski definition) is 1. The van der Waals surface area contributed by atoms with E-state index in [0.717, 1.165) is 10.4 Å². The van der Waals surface area contributed by atoms with Crippen molar-refractivity contribution in [2.45, 2.75) is 23.5 Å². The zero-order valence-electron chi connectivity index (χ0n) is 18.7. The van der Waals surface area contributed by atoms with Crippen molar-refractivity contribution in [1.29, 1.82) is 0 Å². The highest BCUT2D eigenvalue weighted by Crippen LogP contribution is 2.34. The van der Waals surface area contributed by atoms with Gasteiger partial charge in [0.1, 0.15) is 11.6 Å². The van der Waals surface area contributed by atoms with Crippen molar-refractivity contribution in [3.63, 3.8) is 0 Å². The van der Waals surface area contributed by atoms with Gasteiger partial charge in [0.15, 0.2) is 0 Å². The van der Waals surface area contributed by atoms with Gasteiger partial charge in [-0.15, -0.1) is 0 Å². The van der Waals surface area contributed by atoms with Crippen LogP contribution in [0.4, 0.5) is 23.2 Å². The van der Waals surface area contributed by atoms with E-state index < -0.39 is 46.0 Å². The maximum Gasteiger partial charge on any atom is 0.419 e. The summed E-state index contributed by atoms with van der Waals surface area (Å²) in [6.45, 7) is 0. The van der Waals surface area contributed by atoms with Crippen LogP contribution in [0.5, 0.6) is 5.75 Å². The second kappa shape index (κ2) is 10.4. The number of nitrogens with one attached hydrogen (secondary N) is 1. The van der Waals surface area contributed by atoms with Gasteiger partial charge in [0.05, 0.1) is 23.6 Å². The second-order valence-corrected chi connectivity index (χ2v) is 9.57. The molecule has 3 rings (SSSR count). The molecule has 0 radical (unpaired) electrons. The van der Waals surface area contributed by atoms with E-state index in [4.69, 9.17) is 4.74 Å². The molecule has 3 aromatic rings. The van der Waals surface area contributed by atoms with Gasteiger partial charge in [0.2, 0.25) is 15.9 Å². The summed E-state index contributed by atoms with van der Waals surface area (Å²) < 4.78 is 85.2. The van der Waals surface area contributed by atoms with Crippen molar-refractivity contribution in [2.75, 3.05) is 19.5 Å². The van der Waals surface area contributed by atoms with Gasteiger partial charge in [0, 0.05) is 19.2 Å². The molecular weight excluding hydrogens is 488 g/mol. The Morgan fingerprint density at radius 3 is 2.23 bits per heavy atom.